The molecule has 3 atom stereocenters. The van der Waals surface area contributed by atoms with Gasteiger partial charge in [-0.2, -0.15) is 0 Å². The summed E-state index contributed by atoms with van der Waals surface area (Å²) >= 11 is 0. The molecule has 0 radical (unpaired) electrons. The van der Waals surface area contributed by atoms with E-state index >= 15 is 0 Å². The second-order valence-corrected chi connectivity index (χ2v) is 7.17. The van der Waals surface area contributed by atoms with Crippen LogP contribution >= 0.6 is 12.4 Å². The van der Waals surface area contributed by atoms with Crippen molar-refractivity contribution in [2.75, 3.05) is 19.6 Å². The summed E-state index contributed by atoms with van der Waals surface area (Å²) in [5.74, 6) is 0.888. The van der Waals surface area contributed by atoms with Gasteiger partial charge in [0.25, 0.3) is 0 Å². The molecule has 3 unspecified atom stereocenters. The molecule has 5 heteroatoms. The van der Waals surface area contributed by atoms with E-state index in [-0.39, 0.29) is 30.5 Å². The molecule has 20 heavy (non-hydrogen) atoms. The highest BCUT2D eigenvalue weighted by atomic mass is 35.5. The van der Waals surface area contributed by atoms with Crippen molar-refractivity contribution in [2.45, 2.75) is 58.6 Å². The summed E-state index contributed by atoms with van der Waals surface area (Å²) in [5, 5.41) is 12.6. The topological polar surface area (TPSA) is 52.6 Å². The smallest absolute Gasteiger partial charge is 0.239 e. The van der Waals surface area contributed by atoms with Crippen LogP contribution in [0.25, 0.3) is 0 Å². The highest BCUT2D eigenvalue weighted by molar-refractivity contribution is 5.85. The number of aliphatic hydroxyl groups excluding tert-OH is 1. The Morgan fingerprint density at radius 1 is 1.25 bits per heavy atom. The van der Waals surface area contributed by atoms with Crippen molar-refractivity contribution >= 4 is 18.3 Å². The first-order valence-corrected chi connectivity index (χ1v) is 7.58. The van der Waals surface area contributed by atoms with Crippen LogP contribution in [0.2, 0.25) is 0 Å². The maximum Gasteiger partial charge on any atom is 0.239 e. The lowest BCUT2D eigenvalue weighted by Gasteiger charge is -2.30. The number of β-amino-alcohol motifs (C(OH)–C–C–N with tert-alkyl or cyclic N) is 1. The van der Waals surface area contributed by atoms with Crippen LogP contribution in [0.1, 0.15) is 46.5 Å². The Labute approximate surface area is 128 Å². The number of hydrogen-bond acceptors (Lipinski definition) is 3. The van der Waals surface area contributed by atoms with Crippen LogP contribution in [0.3, 0.4) is 0 Å². The first-order chi connectivity index (χ1) is 8.88. The summed E-state index contributed by atoms with van der Waals surface area (Å²) in [6, 6.07) is -0.166. The van der Waals surface area contributed by atoms with Gasteiger partial charge < -0.3 is 15.3 Å². The van der Waals surface area contributed by atoms with Crippen LogP contribution in [-0.2, 0) is 4.79 Å². The second kappa shape index (κ2) is 7.10. The molecule has 2 heterocycles. The lowest BCUT2D eigenvalue weighted by Crippen LogP contribution is -2.44. The molecule has 2 aliphatic rings. The van der Waals surface area contributed by atoms with Gasteiger partial charge in [0.1, 0.15) is 0 Å². The van der Waals surface area contributed by atoms with Crippen molar-refractivity contribution in [3.63, 3.8) is 0 Å². The molecule has 0 aromatic carbocycles. The number of amides is 1. The summed E-state index contributed by atoms with van der Waals surface area (Å²) in [6.07, 6.45) is 3.63. The minimum absolute atomic E-state index is 0. The van der Waals surface area contributed by atoms with E-state index in [2.05, 4.69) is 26.1 Å². The van der Waals surface area contributed by atoms with Crippen LogP contribution < -0.4 is 5.32 Å². The van der Waals surface area contributed by atoms with Crippen molar-refractivity contribution in [1.29, 1.82) is 0 Å². The number of carbonyl (C=O) groups is 1. The number of rotatable bonds is 1. The lowest BCUT2D eigenvalue weighted by atomic mass is 9.77. The first-order valence-electron chi connectivity index (χ1n) is 7.58. The van der Waals surface area contributed by atoms with E-state index in [0.717, 1.165) is 25.9 Å². The third kappa shape index (κ3) is 4.34. The zero-order valence-corrected chi connectivity index (χ0v) is 13.7. The molecule has 4 nitrogen and oxygen atoms in total. The lowest BCUT2D eigenvalue weighted by molar-refractivity contribution is -0.133. The van der Waals surface area contributed by atoms with E-state index in [1.54, 1.807) is 0 Å². The third-order valence-electron chi connectivity index (χ3n) is 4.67. The number of likely N-dealkylation sites (tertiary alicyclic amines) is 1. The Kier molecular flexibility index (Phi) is 6.29. The number of nitrogens with one attached hydrogen (secondary N) is 1. The van der Waals surface area contributed by atoms with E-state index in [9.17, 15) is 9.90 Å². The molecule has 0 aromatic rings. The molecule has 0 aliphatic carbocycles. The number of aliphatic hydroxyl groups is 1. The van der Waals surface area contributed by atoms with Gasteiger partial charge in [-0.25, -0.2) is 0 Å². The van der Waals surface area contributed by atoms with Crippen LogP contribution in [0.4, 0.5) is 0 Å². The van der Waals surface area contributed by atoms with Gasteiger partial charge in [0, 0.05) is 19.6 Å². The molecule has 0 bridgehead atoms. The highest BCUT2D eigenvalue weighted by Crippen LogP contribution is 2.34. The fourth-order valence-corrected chi connectivity index (χ4v) is 3.31. The molecule has 2 aliphatic heterocycles. The molecule has 2 N–H and O–H groups in total. The van der Waals surface area contributed by atoms with Crippen molar-refractivity contribution in [3.05, 3.63) is 0 Å². The monoisotopic (exact) mass is 304 g/mol. The Hall–Kier alpha value is -0.320. The Balaban J connectivity index is 0.00000200. The Bertz CT molecular complexity index is 330. The fraction of sp³-hybridized carbons (Fsp3) is 0.933. The summed E-state index contributed by atoms with van der Waals surface area (Å²) in [4.78, 5) is 14.4. The minimum atomic E-state index is -0.358. The number of halogens is 1. The Morgan fingerprint density at radius 2 is 1.95 bits per heavy atom. The number of carbonyl (C=O) groups excluding carboxylic acids is 1. The van der Waals surface area contributed by atoms with Gasteiger partial charge in [-0.05, 0) is 37.0 Å². The molecule has 2 saturated heterocycles. The fourth-order valence-electron chi connectivity index (χ4n) is 3.31. The van der Waals surface area contributed by atoms with Gasteiger partial charge in [0.2, 0.25) is 5.91 Å². The van der Waals surface area contributed by atoms with Crippen LogP contribution in [0, 0.1) is 11.3 Å². The SMILES string of the molecule is CC(C)(C)C1CCCN(C(=O)C2CC(O)CN2)CC1.Cl. The number of hydrogen-bond donors (Lipinski definition) is 2. The quantitative estimate of drug-likeness (QED) is 0.777. The molecule has 1 amide bonds. The van der Waals surface area contributed by atoms with Crippen LogP contribution in [0.5, 0.6) is 0 Å². The zero-order chi connectivity index (χ0) is 14.0. The van der Waals surface area contributed by atoms with Gasteiger partial charge >= 0.3 is 0 Å². The van der Waals surface area contributed by atoms with Crippen LogP contribution in [0.15, 0.2) is 0 Å². The normalized spacial score (nSPS) is 31.6. The van der Waals surface area contributed by atoms with E-state index in [1.165, 1.54) is 6.42 Å². The first kappa shape index (κ1) is 17.7. The van der Waals surface area contributed by atoms with Gasteiger partial charge in [-0.15, -0.1) is 12.4 Å². The van der Waals surface area contributed by atoms with Gasteiger partial charge in [-0.1, -0.05) is 20.8 Å². The maximum absolute atomic E-state index is 12.4. The van der Waals surface area contributed by atoms with Crippen molar-refractivity contribution in [3.8, 4) is 0 Å². The molecular formula is C15H29ClN2O2. The molecule has 2 fully saturated rings. The van der Waals surface area contributed by atoms with Crippen molar-refractivity contribution in [2.24, 2.45) is 11.3 Å². The summed E-state index contributed by atoms with van der Waals surface area (Å²) in [5.41, 5.74) is 0.334. The molecule has 0 saturated carbocycles. The van der Waals surface area contributed by atoms with E-state index in [1.807, 2.05) is 4.90 Å². The largest absolute Gasteiger partial charge is 0.392 e. The zero-order valence-electron chi connectivity index (χ0n) is 12.9. The van der Waals surface area contributed by atoms with Crippen LogP contribution in [-0.4, -0.2) is 47.7 Å². The average Bonchev–Trinajstić information content (AvgIpc) is 2.62. The number of nitrogens with zero attached hydrogens (tertiary/aromatic N) is 1. The van der Waals surface area contributed by atoms with Gasteiger partial charge in [0.15, 0.2) is 0 Å². The standard InChI is InChI=1S/C15H28N2O2.ClH/c1-15(2,3)11-5-4-7-17(8-6-11)14(19)13-9-12(18)10-16-13;/h11-13,16,18H,4-10H2,1-3H3;1H. The highest BCUT2D eigenvalue weighted by Gasteiger charge is 2.33. The molecule has 2 rings (SSSR count). The van der Waals surface area contributed by atoms with Crippen molar-refractivity contribution < 1.29 is 9.90 Å². The second-order valence-electron chi connectivity index (χ2n) is 7.17. The van der Waals surface area contributed by atoms with E-state index in [4.69, 9.17) is 0 Å². The molecule has 0 aromatic heterocycles. The van der Waals surface area contributed by atoms with E-state index < -0.39 is 0 Å². The van der Waals surface area contributed by atoms with Gasteiger partial charge in [0.05, 0.1) is 12.1 Å². The summed E-state index contributed by atoms with van der Waals surface area (Å²) in [7, 11) is 0. The predicted octanol–water partition coefficient (Wildman–Crippen LogP) is 1.81. The molecule has 118 valence electrons. The maximum atomic E-state index is 12.4. The van der Waals surface area contributed by atoms with E-state index in [0.29, 0.717) is 24.3 Å². The summed E-state index contributed by atoms with van der Waals surface area (Å²) < 4.78 is 0. The summed E-state index contributed by atoms with van der Waals surface area (Å²) in [6.45, 7) is 9.18. The average molecular weight is 305 g/mol. The van der Waals surface area contributed by atoms with Gasteiger partial charge in [-0.3, -0.25) is 4.79 Å². The molecular weight excluding hydrogens is 276 g/mol. The predicted molar refractivity (Wildman–Crippen MR) is 83.0 cm³/mol. The minimum Gasteiger partial charge on any atom is -0.392 e. The van der Waals surface area contributed by atoms with Crippen molar-refractivity contribution in [1.82, 2.24) is 10.2 Å². The third-order valence-corrected chi connectivity index (χ3v) is 4.67. The molecule has 0 spiro atoms. The Morgan fingerprint density at radius 3 is 2.50 bits per heavy atom.